The summed E-state index contributed by atoms with van der Waals surface area (Å²) in [4.78, 5) is 2.51. The third-order valence-corrected chi connectivity index (χ3v) is 4.43. The lowest BCUT2D eigenvalue weighted by Crippen LogP contribution is -2.40. The molecule has 2 rings (SSSR count). The Kier molecular flexibility index (Phi) is 4.99. The lowest BCUT2D eigenvalue weighted by Gasteiger charge is -2.39. The van der Waals surface area contributed by atoms with Gasteiger partial charge in [0.15, 0.2) is 0 Å². The van der Waals surface area contributed by atoms with E-state index in [2.05, 4.69) is 42.4 Å². The Morgan fingerprint density at radius 1 is 1.42 bits per heavy atom. The quantitative estimate of drug-likeness (QED) is 0.827. The van der Waals surface area contributed by atoms with Gasteiger partial charge in [-0.1, -0.05) is 6.92 Å². The average Bonchev–Trinajstić information content (AvgIpc) is 2.71. The summed E-state index contributed by atoms with van der Waals surface area (Å²) in [6.45, 7) is 7.85. The first-order valence-electron chi connectivity index (χ1n) is 7.54. The molecule has 1 aliphatic rings. The molecule has 1 aromatic heterocycles. The number of rotatable bonds is 5. The van der Waals surface area contributed by atoms with E-state index in [4.69, 9.17) is 0 Å². The summed E-state index contributed by atoms with van der Waals surface area (Å²) in [5.74, 6) is 0.702. The van der Waals surface area contributed by atoms with Gasteiger partial charge in [-0.05, 0) is 58.8 Å². The van der Waals surface area contributed by atoms with Gasteiger partial charge >= 0.3 is 0 Å². The van der Waals surface area contributed by atoms with Crippen molar-refractivity contribution < 1.29 is 0 Å². The molecule has 1 aromatic rings. The Morgan fingerprint density at radius 2 is 2.21 bits per heavy atom. The van der Waals surface area contributed by atoms with E-state index in [1.165, 1.54) is 37.1 Å². The molecule has 0 bridgehead atoms. The Hall–Kier alpha value is -0.870. The van der Waals surface area contributed by atoms with Crippen molar-refractivity contribution in [3.63, 3.8) is 0 Å². The van der Waals surface area contributed by atoms with Gasteiger partial charge in [0.1, 0.15) is 0 Å². The van der Waals surface area contributed by atoms with Crippen molar-refractivity contribution in [2.75, 3.05) is 26.7 Å². The first-order valence-corrected chi connectivity index (χ1v) is 7.54. The maximum Gasteiger partial charge on any atom is 0.0540 e. The molecule has 4 nitrogen and oxygen atoms in total. The molecule has 0 saturated carbocycles. The number of hydrogen-bond donors (Lipinski definition) is 1. The molecule has 19 heavy (non-hydrogen) atoms. The molecule has 108 valence electrons. The monoisotopic (exact) mass is 264 g/mol. The van der Waals surface area contributed by atoms with Crippen LogP contribution in [-0.2, 0) is 7.05 Å². The second-order valence-electron chi connectivity index (χ2n) is 5.84. The summed E-state index contributed by atoms with van der Waals surface area (Å²) in [5.41, 5.74) is 2.72. The lowest BCUT2D eigenvalue weighted by molar-refractivity contribution is 0.119. The first kappa shape index (κ1) is 14.5. The van der Waals surface area contributed by atoms with Crippen LogP contribution in [0.25, 0.3) is 0 Å². The summed E-state index contributed by atoms with van der Waals surface area (Å²) < 4.78 is 1.99. The highest BCUT2D eigenvalue weighted by Crippen LogP contribution is 2.35. The SMILES string of the molecule is CCCNCC1CCCN(C)C1c1cnn(C)c1C. The van der Waals surface area contributed by atoms with Crippen LogP contribution in [0.3, 0.4) is 0 Å². The molecule has 1 fully saturated rings. The topological polar surface area (TPSA) is 33.1 Å². The van der Waals surface area contributed by atoms with E-state index in [-0.39, 0.29) is 0 Å². The zero-order valence-corrected chi connectivity index (χ0v) is 12.8. The summed E-state index contributed by atoms with van der Waals surface area (Å²) in [5, 5.41) is 8.02. The second kappa shape index (κ2) is 6.53. The normalized spacial score (nSPS) is 24.8. The molecule has 1 N–H and O–H groups in total. The van der Waals surface area contributed by atoms with Crippen molar-refractivity contribution in [2.45, 2.75) is 39.2 Å². The van der Waals surface area contributed by atoms with Crippen molar-refractivity contribution in [2.24, 2.45) is 13.0 Å². The third-order valence-electron chi connectivity index (χ3n) is 4.43. The Balaban J connectivity index is 2.14. The van der Waals surface area contributed by atoms with Crippen LogP contribution in [0.5, 0.6) is 0 Å². The summed E-state index contributed by atoms with van der Waals surface area (Å²) in [6, 6.07) is 0.520. The number of nitrogens with one attached hydrogen (secondary N) is 1. The second-order valence-corrected chi connectivity index (χ2v) is 5.84. The highest BCUT2D eigenvalue weighted by Gasteiger charge is 2.32. The summed E-state index contributed by atoms with van der Waals surface area (Å²) in [6.07, 6.45) is 5.90. The molecule has 0 aliphatic carbocycles. The average molecular weight is 264 g/mol. The van der Waals surface area contributed by atoms with Gasteiger partial charge in [-0.3, -0.25) is 9.58 Å². The number of likely N-dealkylation sites (tertiary alicyclic amines) is 1. The maximum absolute atomic E-state index is 4.43. The largest absolute Gasteiger partial charge is 0.316 e. The van der Waals surface area contributed by atoms with Crippen LogP contribution in [0.2, 0.25) is 0 Å². The Morgan fingerprint density at radius 3 is 2.84 bits per heavy atom. The van der Waals surface area contributed by atoms with E-state index >= 15 is 0 Å². The van der Waals surface area contributed by atoms with Gasteiger partial charge in [-0.25, -0.2) is 0 Å². The molecule has 0 amide bonds. The van der Waals surface area contributed by atoms with Crippen molar-refractivity contribution in [1.29, 1.82) is 0 Å². The molecule has 2 heterocycles. The number of aromatic nitrogens is 2. The molecule has 2 atom stereocenters. The third kappa shape index (κ3) is 3.18. The zero-order chi connectivity index (χ0) is 13.8. The van der Waals surface area contributed by atoms with Crippen LogP contribution in [0.1, 0.15) is 43.5 Å². The van der Waals surface area contributed by atoms with Gasteiger partial charge in [0.2, 0.25) is 0 Å². The smallest absolute Gasteiger partial charge is 0.0540 e. The van der Waals surface area contributed by atoms with Crippen LogP contribution >= 0.6 is 0 Å². The standard InChI is InChI=1S/C15H28N4/c1-5-8-16-10-13-7-6-9-18(3)15(13)14-11-17-19(4)12(14)2/h11,13,15-16H,5-10H2,1-4H3. The summed E-state index contributed by atoms with van der Waals surface area (Å²) in [7, 11) is 4.29. The molecule has 0 spiro atoms. The fourth-order valence-corrected chi connectivity index (χ4v) is 3.24. The van der Waals surface area contributed by atoms with Gasteiger partial charge < -0.3 is 5.32 Å². The van der Waals surface area contributed by atoms with E-state index in [0.717, 1.165) is 13.1 Å². The van der Waals surface area contributed by atoms with E-state index < -0.39 is 0 Å². The number of aryl methyl sites for hydroxylation is 1. The first-order chi connectivity index (χ1) is 9.15. The molecule has 2 unspecified atom stereocenters. The minimum atomic E-state index is 0.520. The van der Waals surface area contributed by atoms with E-state index in [9.17, 15) is 0 Å². The minimum absolute atomic E-state index is 0.520. The Labute approximate surface area is 117 Å². The van der Waals surface area contributed by atoms with E-state index in [0.29, 0.717) is 12.0 Å². The van der Waals surface area contributed by atoms with Crippen molar-refractivity contribution in [3.05, 3.63) is 17.5 Å². The van der Waals surface area contributed by atoms with Crippen molar-refractivity contribution in [1.82, 2.24) is 20.0 Å². The minimum Gasteiger partial charge on any atom is -0.316 e. The van der Waals surface area contributed by atoms with Gasteiger partial charge in [0.05, 0.1) is 6.20 Å². The van der Waals surface area contributed by atoms with E-state index in [1.807, 2.05) is 11.7 Å². The summed E-state index contributed by atoms with van der Waals surface area (Å²) >= 11 is 0. The molecule has 4 heteroatoms. The van der Waals surface area contributed by atoms with Crippen LogP contribution in [-0.4, -0.2) is 41.4 Å². The van der Waals surface area contributed by atoms with Crippen LogP contribution in [0.15, 0.2) is 6.20 Å². The fourth-order valence-electron chi connectivity index (χ4n) is 3.24. The number of nitrogens with zero attached hydrogens (tertiary/aromatic N) is 3. The van der Waals surface area contributed by atoms with Gasteiger partial charge in [-0.2, -0.15) is 5.10 Å². The molecular formula is C15H28N4. The van der Waals surface area contributed by atoms with Crippen LogP contribution in [0.4, 0.5) is 0 Å². The molecular weight excluding hydrogens is 236 g/mol. The highest BCUT2D eigenvalue weighted by molar-refractivity contribution is 5.22. The van der Waals surface area contributed by atoms with Crippen LogP contribution in [0, 0.1) is 12.8 Å². The molecule has 1 saturated heterocycles. The maximum atomic E-state index is 4.43. The van der Waals surface area contributed by atoms with Gasteiger partial charge in [-0.15, -0.1) is 0 Å². The molecule has 0 aromatic carbocycles. The van der Waals surface area contributed by atoms with Gasteiger partial charge in [0, 0.05) is 24.3 Å². The predicted octanol–water partition coefficient (Wildman–Crippen LogP) is 2.11. The highest BCUT2D eigenvalue weighted by atomic mass is 15.3. The fraction of sp³-hybridized carbons (Fsp3) is 0.800. The van der Waals surface area contributed by atoms with Gasteiger partial charge in [0.25, 0.3) is 0 Å². The zero-order valence-electron chi connectivity index (χ0n) is 12.8. The van der Waals surface area contributed by atoms with Crippen molar-refractivity contribution in [3.8, 4) is 0 Å². The van der Waals surface area contributed by atoms with Crippen LogP contribution < -0.4 is 5.32 Å². The van der Waals surface area contributed by atoms with E-state index in [1.54, 1.807) is 0 Å². The molecule has 1 aliphatic heterocycles. The number of piperidine rings is 1. The van der Waals surface area contributed by atoms with Crippen molar-refractivity contribution >= 4 is 0 Å². The Bertz CT molecular complexity index is 399. The predicted molar refractivity (Wildman–Crippen MR) is 79.2 cm³/mol. The lowest BCUT2D eigenvalue weighted by atomic mass is 9.85. The number of hydrogen-bond acceptors (Lipinski definition) is 3. The molecule has 0 radical (unpaired) electrons.